The fourth-order valence-electron chi connectivity index (χ4n) is 2.06. The van der Waals surface area contributed by atoms with Gasteiger partial charge in [-0.3, -0.25) is 0 Å². The summed E-state index contributed by atoms with van der Waals surface area (Å²) in [6.07, 6.45) is 2.99. The van der Waals surface area contributed by atoms with Crippen molar-refractivity contribution in [1.29, 1.82) is 0 Å². The van der Waals surface area contributed by atoms with E-state index >= 15 is 0 Å². The van der Waals surface area contributed by atoms with Crippen LogP contribution in [0.4, 0.5) is 11.6 Å². The molecule has 0 aliphatic heterocycles. The first-order valence-corrected chi connectivity index (χ1v) is 8.25. The quantitative estimate of drug-likeness (QED) is 0.301. The van der Waals surface area contributed by atoms with Gasteiger partial charge in [0.1, 0.15) is 12.1 Å². The first-order chi connectivity index (χ1) is 11.7. The highest BCUT2D eigenvalue weighted by Gasteiger charge is 2.09. The van der Waals surface area contributed by atoms with Crippen LogP contribution in [0.2, 0.25) is 0 Å². The largest absolute Gasteiger partial charge is 0.496 e. The summed E-state index contributed by atoms with van der Waals surface area (Å²) in [6, 6.07) is 5.79. The first-order valence-electron chi connectivity index (χ1n) is 7.18. The van der Waals surface area contributed by atoms with E-state index in [2.05, 4.69) is 25.6 Å². The van der Waals surface area contributed by atoms with Gasteiger partial charge in [0.15, 0.2) is 0 Å². The van der Waals surface area contributed by atoms with Crippen LogP contribution in [0.25, 0.3) is 0 Å². The van der Waals surface area contributed by atoms with Crippen molar-refractivity contribution in [3.63, 3.8) is 0 Å². The Morgan fingerprint density at radius 2 is 2.12 bits per heavy atom. The molecule has 10 heteroatoms. The summed E-state index contributed by atoms with van der Waals surface area (Å²) in [5.74, 6) is 7.64. The van der Waals surface area contributed by atoms with Crippen LogP contribution in [-0.2, 0) is 0 Å². The molecule has 0 radical (unpaired) electrons. The molecule has 0 fully saturated rings. The molecule has 2 aromatic rings. The van der Waals surface area contributed by atoms with Gasteiger partial charge < -0.3 is 15.5 Å². The van der Waals surface area contributed by atoms with Crippen LogP contribution in [0.15, 0.2) is 29.6 Å². The van der Waals surface area contributed by atoms with E-state index in [1.807, 2.05) is 18.2 Å². The summed E-state index contributed by atoms with van der Waals surface area (Å²) in [5.41, 5.74) is 4.49. The number of alkyl halides is 2. The van der Waals surface area contributed by atoms with Crippen LogP contribution < -0.4 is 20.9 Å². The van der Waals surface area contributed by atoms with E-state index in [-0.39, 0.29) is 0 Å². The molecule has 8 nitrogen and oxygen atoms in total. The highest BCUT2D eigenvalue weighted by Crippen LogP contribution is 2.25. The molecule has 3 N–H and O–H groups in total. The Kier molecular flexibility index (Phi) is 6.95. The van der Waals surface area contributed by atoms with Crippen molar-refractivity contribution in [3.05, 3.63) is 30.1 Å². The van der Waals surface area contributed by atoms with Crippen LogP contribution in [-0.4, -0.2) is 53.0 Å². The Morgan fingerprint density at radius 3 is 2.71 bits per heavy atom. The lowest BCUT2D eigenvalue weighted by atomic mass is 10.2. The number of benzene rings is 1. The minimum atomic E-state index is 0.331. The van der Waals surface area contributed by atoms with E-state index in [0.717, 1.165) is 11.3 Å². The highest BCUT2D eigenvalue weighted by atomic mass is 35.5. The molecule has 1 aromatic carbocycles. The molecule has 0 unspecified atom stereocenters. The van der Waals surface area contributed by atoms with E-state index in [9.17, 15) is 0 Å². The summed E-state index contributed by atoms with van der Waals surface area (Å²) >= 11 is 11.7. The monoisotopic (exact) mass is 371 g/mol. The fourth-order valence-corrected chi connectivity index (χ4v) is 2.47. The zero-order valence-corrected chi connectivity index (χ0v) is 14.7. The molecular formula is C14H19Cl2N7O. The number of rotatable bonds is 9. The van der Waals surface area contributed by atoms with Crippen LogP contribution in [0.3, 0.4) is 0 Å². The lowest BCUT2D eigenvalue weighted by Gasteiger charge is -2.23. The van der Waals surface area contributed by atoms with Gasteiger partial charge in [0.2, 0.25) is 0 Å². The second kappa shape index (κ2) is 9.19. The van der Waals surface area contributed by atoms with Crippen LogP contribution in [0.5, 0.6) is 5.75 Å². The minimum absolute atomic E-state index is 0.331. The number of nitrogens with two attached hydrogens (primary N) is 1. The van der Waals surface area contributed by atoms with Crippen molar-refractivity contribution in [3.8, 4) is 5.75 Å². The van der Waals surface area contributed by atoms with Gasteiger partial charge in [0, 0.05) is 42.2 Å². The average Bonchev–Trinajstić information content (AvgIpc) is 3.00. The molecule has 0 aliphatic rings. The van der Waals surface area contributed by atoms with Gasteiger partial charge in [-0.05, 0) is 12.1 Å². The molecule has 0 bridgehead atoms. The molecule has 0 atom stereocenters. The number of nitrogens with one attached hydrogen (secondary N) is 1. The molecular weight excluding hydrogens is 353 g/mol. The number of halogens is 2. The summed E-state index contributed by atoms with van der Waals surface area (Å²) in [7, 11) is 1.60. The number of nitrogen functional groups attached to an aromatic ring is 1. The second-order valence-electron chi connectivity index (χ2n) is 4.72. The number of methoxy groups -OCH3 is 1. The van der Waals surface area contributed by atoms with Gasteiger partial charge in [-0.15, -0.1) is 33.4 Å². The normalized spacial score (nSPS) is 11.0. The standard InChI is InChI=1S/C14H19Cl2N7O/c1-24-13-8-12(22(6-4-15)7-5-16)3-2-11(13)9-18-20-14-21-19-10-23(14)17/h2-3,8-10H,4-7,17H2,1H3,(H,20,21)/b18-9-. The second-order valence-corrected chi connectivity index (χ2v) is 5.48. The lowest BCUT2D eigenvalue weighted by Crippen LogP contribution is -2.27. The van der Waals surface area contributed by atoms with Crippen molar-refractivity contribution in [1.82, 2.24) is 14.9 Å². The molecule has 0 saturated heterocycles. The zero-order valence-electron chi connectivity index (χ0n) is 13.2. The third-order valence-electron chi connectivity index (χ3n) is 3.23. The Hall–Kier alpha value is -2.19. The van der Waals surface area contributed by atoms with Gasteiger partial charge in [-0.25, -0.2) is 10.1 Å². The number of hydrogen-bond acceptors (Lipinski definition) is 7. The smallest absolute Gasteiger partial charge is 0.263 e. The number of nitrogens with zero attached hydrogens (tertiary/aromatic N) is 5. The summed E-state index contributed by atoms with van der Waals surface area (Å²) in [5, 5.41) is 11.5. The topological polar surface area (TPSA) is 93.6 Å². The maximum absolute atomic E-state index is 5.85. The predicted octanol–water partition coefficient (Wildman–Crippen LogP) is 1.73. The Morgan fingerprint density at radius 1 is 1.38 bits per heavy atom. The fraction of sp³-hybridized carbons (Fsp3) is 0.357. The molecule has 0 spiro atoms. The molecule has 0 saturated carbocycles. The first kappa shape index (κ1) is 18.2. The van der Waals surface area contributed by atoms with Crippen LogP contribution >= 0.6 is 23.2 Å². The zero-order chi connectivity index (χ0) is 17.4. The van der Waals surface area contributed by atoms with Crippen LogP contribution in [0.1, 0.15) is 5.56 Å². The Labute approximate surface area is 150 Å². The van der Waals surface area contributed by atoms with Crippen LogP contribution in [0, 0.1) is 0 Å². The SMILES string of the molecule is COc1cc(N(CCCl)CCCl)ccc1/C=N\Nc1nncn1N. The Balaban J connectivity index is 2.14. The van der Waals surface area contributed by atoms with E-state index in [0.29, 0.717) is 36.5 Å². The van der Waals surface area contributed by atoms with Crippen molar-refractivity contribution in [2.75, 3.05) is 48.1 Å². The highest BCUT2D eigenvalue weighted by molar-refractivity contribution is 6.18. The molecule has 1 heterocycles. The number of anilines is 2. The molecule has 24 heavy (non-hydrogen) atoms. The van der Waals surface area contributed by atoms with Crippen molar-refractivity contribution < 1.29 is 4.74 Å². The number of hydrazone groups is 1. The Bertz CT molecular complexity index is 671. The van der Waals surface area contributed by atoms with E-state index in [1.54, 1.807) is 13.3 Å². The van der Waals surface area contributed by atoms with Crippen molar-refractivity contribution in [2.45, 2.75) is 0 Å². The summed E-state index contributed by atoms with van der Waals surface area (Å²) in [6.45, 7) is 1.41. The van der Waals surface area contributed by atoms with Crippen molar-refractivity contribution in [2.24, 2.45) is 5.10 Å². The van der Waals surface area contributed by atoms with Gasteiger partial charge in [-0.1, -0.05) is 0 Å². The number of ether oxygens (including phenoxy) is 1. The predicted molar refractivity (Wildman–Crippen MR) is 98.0 cm³/mol. The van der Waals surface area contributed by atoms with E-state index < -0.39 is 0 Å². The van der Waals surface area contributed by atoms with Gasteiger partial charge in [0.05, 0.1) is 13.3 Å². The third kappa shape index (κ3) is 4.65. The maximum Gasteiger partial charge on any atom is 0.263 e. The molecule has 130 valence electrons. The van der Waals surface area contributed by atoms with Crippen molar-refractivity contribution >= 4 is 41.1 Å². The molecule has 2 rings (SSSR count). The lowest BCUT2D eigenvalue weighted by molar-refractivity contribution is 0.414. The average molecular weight is 372 g/mol. The molecule has 0 aliphatic carbocycles. The molecule has 0 amide bonds. The van der Waals surface area contributed by atoms with Gasteiger partial charge >= 0.3 is 0 Å². The minimum Gasteiger partial charge on any atom is -0.496 e. The summed E-state index contributed by atoms with van der Waals surface area (Å²) < 4.78 is 6.66. The maximum atomic E-state index is 5.85. The number of aromatic nitrogens is 3. The summed E-state index contributed by atoms with van der Waals surface area (Å²) in [4.78, 5) is 2.10. The molecule has 1 aromatic heterocycles. The van der Waals surface area contributed by atoms with Gasteiger partial charge in [0.25, 0.3) is 5.95 Å². The van der Waals surface area contributed by atoms with Gasteiger partial charge in [-0.2, -0.15) is 5.10 Å². The number of hydrogen-bond donors (Lipinski definition) is 2. The third-order valence-corrected chi connectivity index (χ3v) is 3.57. The van der Waals surface area contributed by atoms with E-state index in [4.69, 9.17) is 33.8 Å². The van der Waals surface area contributed by atoms with E-state index in [1.165, 1.54) is 11.0 Å².